The van der Waals surface area contributed by atoms with Gasteiger partial charge in [0.15, 0.2) is 0 Å². The summed E-state index contributed by atoms with van der Waals surface area (Å²) in [7, 11) is 0. The number of ether oxygens (including phenoxy) is 1. The third-order valence-electron chi connectivity index (χ3n) is 3.80. The quantitative estimate of drug-likeness (QED) is 0.731. The van der Waals surface area contributed by atoms with E-state index in [4.69, 9.17) is 4.74 Å². The topological polar surface area (TPSA) is 29.5 Å². The van der Waals surface area contributed by atoms with Crippen molar-refractivity contribution in [3.63, 3.8) is 0 Å². The van der Waals surface area contributed by atoms with E-state index in [1.54, 1.807) is 0 Å². The summed E-state index contributed by atoms with van der Waals surface area (Å²) in [5.74, 6) is 0. The van der Waals surface area contributed by atoms with Gasteiger partial charge in [-0.25, -0.2) is 0 Å². The number of hydrogen-bond acceptors (Lipinski definition) is 2. The van der Waals surface area contributed by atoms with E-state index in [2.05, 4.69) is 27.7 Å². The van der Waals surface area contributed by atoms with E-state index >= 15 is 0 Å². The first-order chi connectivity index (χ1) is 6.10. The highest BCUT2D eigenvalue weighted by atomic mass is 16.6. The maximum atomic E-state index is 10.1. The molecule has 0 aliphatic carbocycles. The Morgan fingerprint density at radius 2 is 1.23 bits per heavy atom. The third-order valence-corrected chi connectivity index (χ3v) is 3.80. The zero-order valence-corrected chi connectivity index (χ0v) is 9.26. The normalized spacial score (nSPS) is 25.6. The van der Waals surface area contributed by atoms with E-state index in [1.807, 2.05) is 0 Å². The molecule has 13 heavy (non-hydrogen) atoms. The summed E-state index contributed by atoms with van der Waals surface area (Å²) in [6.45, 7) is 8.34. The van der Waals surface area contributed by atoms with E-state index < -0.39 is 0 Å². The first-order valence-electron chi connectivity index (χ1n) is 5.49. The molecule has 0 radical (unpaired) electrons. The Morgan fingerprint density at radius 1 is 0.923 bits per heavy atom. The molecule has 0 unspecified atom stereocenters. The second-order valence-electron chi connectivity index (χ2n) is 4.05. The van der Waals surface area contributed by atoms with Crippen LogP contribution in [0.1, 0.15) is 53.4 Å². The molecule has 1 N–H and O–H groups in total. The van der Waals surface area contributed by atoms with Crippen molar-refractivity contribution in [3.05, 3.63) is 0 Å². The Hall–Kier alpha value is -0.0800. The first-order valence-corrected chi connectivity index (χ1v) is 5.49. The van der Waals surface area contributed by atoms with Crippen molar-refractivity contribution < 1.29 is 9.84 Å². The van der Waals surface area contributed by atoms with E-state index in [9.17, 15) is 5.11 Å². The molecule has 0 aromatic carbocycles. The fourth-order valence-corrected chi connectivity index (χ4v) is 2.50. The molecule has 1 rings (SSSR count). The Bertz CT molecular complexity index is 151. The largest absolute Gasteiger partial charge is 0.387 e. The number of hydrogen-bond donors (Lipinski definition) is 1. The minimum absolute atomic E-state index is 0.244. The molecule has 0 amide bonds. The summed E-state index contributed by atoms with van der Waals surface area (Å²) in [4.78, 5) is 0. The highest BCUT2D eigenvalue weighted by Crippen LogP contribution is 2.49. The third kappa shape index (κ3) is 1.31. The van der Waals surface area contributed by atoms with Gasteiger partial charge in [0.25, 0.3) is 0 Å². The number of rotatable bonds is 4. The maximum Gasteiger partial charge on any atom is 0.112 e. The highest BCUT2D eigenvalue weighted by molar-refractivity contribution is 5.09. The van der Waals surface area contributed by atoms with E-state index in [0.717, 1.165) is 25.7 Å². The van der Waals surface area contributed by atoms with Crippen molar-refractivity contribution in [2.75, 3.05) is 0 Å². The summed E-state index contributed by atoms with van der Waals surface area (Å²) >= 11 is 0. The molecule has 0 aromatic heterocycles. The standard InChI is InChI=1S/C11H22O2/c1-5-10(6-2)9(12)11(7-3,8-4)13-10/h9,12H,5-8H2,1-4H3. The van der Waals surface area contributed by atoms with Gasteiger partial charge in [0.2, 0.25) is 0 Å². The smallest absolute Gasteiger partial charge is 0.112 e. The van der Waals surface area contributed by atoms with Crippen LogP contribution in [-0.2, 0) is 4.74 Å². The zero-order chi connectivity index (χ0) is 10.1. The van der Waals surface area contributed by atoms with Gasteiger partial charge in [-0.1, -0.05) is 27.7 Å². The van der Waals surface area contributed by atoms with Gasteiger partial charge in [-0.2, -0.15) is 0 Å². The lowest BCUT2D eigenvalue weighted by atomic mass is 9.70. The molecule has 0 saturated carbocycles. The summed E-state index contributed by atoms with van der Waals surface area (Å²) in [6.07, 6.45) is 3.36. The molecule has 0 atom stereocenters. The van der Waals surface area contributed by atoms with Crippen LogP contribution in [0.15, 0.2) is 0 Å². The average Bonchev–Trinajstić information content (AvgIpc) is 2.19. The van der Waals surface area contributed by atoms with Crippen molar-refractivity contribution in [1.82, 2.24) is 0 Å². The fraction of sp³-hybridized carbons (Fsp3) is 1.00. The van der Waals surface area contributed by atoms with Crippen LogP contribution >= 0.6 is 0 Å². The molecule has 1 saturated heterocycles. The molecule has 1 fully saturated rings. The van der Waals surface area contributed by atoms with Gasteiger partial charge < -0.3 is 9.84 Å². The van der Waals surface area contributed by atoms with Gasteiger partial charge in [0.05, 0.1) is 11.2 Å². The molecule has 0 bridgehead atoms. The van der Waals surface area contributed by atoms with Crippen LogP contribution < -0.4 is 0 Å². The average molecular weight is 186 g/mol. The van der Waals surface area contributed by atoms with Crippen molar-refractivity contribution in [3.8, 4) is 0 Å². The molecule has 1 aliphatic heterocycles. The monoisotopic (exact) mass is 186 g/mol. The van der Waals surface area contributed by atoms with Gasteiger partial charge in [-0.3, -0.25) is 0 Å². The molecule has 1 heterocycles. The van der Waals surface area contributed by atoms with E-state index in [1.165, 1.54) is 0 Å². The van der Waals surface area contributed by atoms with Crippen LogP contribution in [0.25, 0.3) is 0 Å². The van der Waals surface area contributed by atoms with Crippen LogP contribution in [-0.4, -0.2) is 22.4 Å². The molecular weight excluding hydrogens is 164 g/mol. The van der Waals surface area contributed by atoms with Gasteiger partial charge in [0.1, 0.15) is 6.10 Å². The maximum absolute atomic E-state index is 10.1. The molecule has 78 valence electrons. The minimum atomic E-state index is -0.273. The minimum Gasteiger partial charge on any atom is -0.387 e. The second kappa shape index (κ2) is 3.58. The van der Waals surface area contributed by atoms with Crippen LogP contribution in [0.3, 0.4) is 0 Å². The Labute approximate surface area is 81.3 Å². The molecule has 1 aliphatic rings. The van der Waals surface area contributed by atoms with Crippen molar-refractivity contribution in [2.24, 2.45) is 0 Å². The number of aliphatic hydroxyl groups excluding tert-OH is 1. The second-order valence-corrected chi connectivity index (χ2v) is 4.05. The zero-order valence-electron chi connectivity index (χ0n) is 9.26. The summed E-state index contributed by atoms with van der Waals surface area (Å²) < 4.78 is 5.97. The van der Waals surface area contributed by atoms with E-state index in [0.29, 0.717) is 0 Å². The molecule has 0 spiro atoms. The Kier molecular flexibility index (Phi) is 3.03. The molecule has 0 aromatic rings. The van der Waals surface area contributed by atoms with Crippen LogP contribution in [0.5, 0.6) is 0 Å². The fourth-order valence-electron chi connectivity index (χ4n) is 2.50. The van der Waals surface area contributed by atoms with Crippen LogP contribution in [0, 0.1) is 0 Å². The molecular formula is C11H22O2. The van der Waals surface area contributed by atoms with E-state index in [-0.39, 0.29) is 17.3 Å². The van der Waals surface area contributed by atoms with Gasteiger partial charge in [-0.05, 0) is 25.7 Å². The van der Waals surface area contributed by atoms with Crippen molar-refractivity contribution in [1.29, 1.82) is 0 Å². The summed E-state index contributed by atoms with van der Waals surface area (Å²) in [5, 5.41) is 10.1. The van der Waals surface area contributed by atoms with Crippen LogP contribution in [0.4, 0.5) is 0 Å². The lowest BCUT2D eigenvalue weighted by molar-refractivity contribution is -0.352. The molecule has 2 heteroatoms. The van der Waals surface area contributed by atoms with Crippen molar-refractivity contribution >= 4 is 0 Å². The lowest BCUT2D eigenvalue weighted by Crippen LogP contribution is -2.71. The summed E-state index contributed by atoms with van der Waals surface area (Å²) in [5.41, 5.74) is -0.488. The summed E-state index contributed by atoms with van der Waals surface area (Å²) in [6, 6.07) is 0. The SMILES string of the molecule is CCC1(CC)OC(CC)(CC)C1O. The van der Waals surface area contributed by atoms with Gasteiger partial charge in [0, 0.05) is 0 Å². The van der Waals surface area contributed by atoms with Gasteiger partial charge in [-0.15, -0.1) is 0 Å². The Morgan fingerprint density at radius 3 is 1.38 bits per heavy atom. The first kappa shape index (κ1) is 11.0. The van der Waals surface area contributed by atoms with Crippen molar-refractivity contribution in [2.45, 2.75) is 70.7 Å². The number of aliphatic hydroxyl groups is 1. The predicted octanol–water partition coefficient (Wildman–Crippen LogP) is 2.50. The predicted molar refractivity (Wildman–Crippen MR) is 53.7 cm³/mol. The molecule has 2 nitrogen and oxygen atoms in total. The lowest BCUT2D eigenvalue weighted by Gasteiger charge is -2.60. The Balaban J connectivity index is 2.73. The van der Waals surface area contributed by atoms with Gasteiger partial charge >= 0.3 is 0 Å². The highest BCUT2D eigenvalue weighted by Gasteiger charge is 2.60. The van der Waals surface area contributed by atoms with Crippen LogP contribution in [0.2, 0.25) is 0 Å².